The van der Waals surface area contributed by atoms with Crippen LogP contribution in [-0.4, -0.2) is 18.1 Å². The first-order chi connectivity index (χ1) is 5.93. The fourth-order valence-corrected chi connectivity index (χ4v) is 0.931. The molecule has 3 nitrogen and oxygen atoms in total. The molecule has 3 heteroatoms. The lowest BCUT2D eigenvalue weighted by molar-refractivity contribution is -0.128. The molecule has 0 unspecified atom stereocenters. The number of carbonyl (C=O) groups is 1. The van der Waals surface area contributed by atoms with Crippen LogP contribution in [0, 0.1) is 0 Å². The molecule has 0 atom stereocenters. The van der Waals surface area contributed by atoms with Gasteiger partial charge < -0.3 is 4.74 Å². The maximum Gasteiger partial charge on any atom is 0.293 e. The standard InChI is InChI=1S/C9H11NO2/c11-8-12-7-3-5-9-4-1-2-6-10-9/h1-2,4,6,8H,3,5,7H2. The summed E-state index contributed by atoms with van der Waals surface area (Å²) in [5, 5.41) is 0. The molecular formula is C9H11NO2. The highest BCUT2D eigenvalue weighted by atomic mass is 16.5. The summed E-state index contributed by atoms with van der Waals surface area (Å²) in [7, 11) is 0. The first-order valence-corrected chi connectivity index (χ1v) is 3.88. The molecule has 0 aliphatic heterocycles. The van der Waals surface area contributed by atoms with E-state index in [-0.39, 0.29) is 0 Å². The van der Waals surface area contributed by atoms with E-state index in [1.807, 2.05) is 18.2 Å². The molecule has 64 valence electrons. The van der Waals surface area contributed by atoms with E-state index in [0.717, 1.165) is 18.5 Å². The normalized spacial score (nSPS) is 9.33. The van der Waals surface area contributed by atoms with Gasteiger partial charge in [-0.3, -0.25) is 9.78 Å². The van der Waals surface area contributed by atoms with Gasteiger partial charge in [-0.1, -0.05) is 6.07 Å². The molecule has 12 heavy (non-hydrogen) atoms. The molecule has 0 amide bonds. The van der Waals surface area contributed by atoms with Gasteiger partial charge >= 0.3 is 0 Å². The van der Waals surface area contributed by atoms with Crippen molar-refractivity contribution < 1.29 is 9.53 Å². The lowest BCUT2D eigenvalue weighted by Crippen LogP contribution is -1.95. The predicted octanol–water partition coefficient (Wildman–Crippen LogP) is 1.19. The quantitative estimate of drug-likeness (QED) is 0.486. The van der Waals surface area contributed by atoms with E-state index >= 15 is 0 Å². The monoisotopic (exact) mass is 165 g/mol. The van der Waals surface area contributed by atoms with Crippen molar-refractivity contribution in [1.29, 1.82) is 0 Å². The molecule has 0 fully saturated rings. The second-order valence-electron chi connectivity index (χ2n) is 2.39. The minimum Gasteiger partial charge on any atom is -0.468 e. The first-order valence-electron chi connectivity index (χ1n) is 3.88. The second kappa shape index (κ2) is 5.29. The minimum absolute atomic E-state index is 0.471. The van der Waals surface area contributed by atoms with Gasteiger partial charge in [-0.15, -0.1) is 0 Å². The highest BCUT2D eigenvalue weighted by Crippen LogP contribution is 1.97. The molecule has 1 rings (SSSR count). The maximum absolute atomic E-state index is 9.78. The summed E-state index contributed by atoms with van der Waals surface area (Å²) >= 11 is 0. The van der Waals surface area contributed by atoms with Crippen LogP contribution in [0.4, 0.5) is 0 Å². The summed E-state index contributed by atoms with van der Waals surface area (Å²) in [6.45, 7) is 0.943. The van der Waals surface area contributed by atoms with E-state index < -0.39 is 0 Å². The maximum atomic E-state index is 9.78. The Morgan fingerprint density at radius 2 is 2.42 bits per heavy atom. The summed E-state index contributed by atoms with van der Waals surface area (Å²) < 4.78 is 4.55. The second-order valence-corrected chi connectivity index (χ2v) is 2.39. The van der Waals surface area contributed by atoms with Gasteiger partial charge in [0.2, 0.25) is 0 Å². The Kier molecular flexibility index (Phi) is 3.84. The first kappa shape index (κ1) is 8.71. The van der Waals surface area contributed by atoms with Crippen molar-refractivity contribution in [3.05, 3.63) is 30.1 Å². The van der Waals surface area contributed by atoms with Gasteiger partial charge in [0.1, 0.15) is 0 Å². The van der Waals surface area contributed by atoms with Gasteiger partial charge in [0, 0.05) is 11.9 Å². The van der Waals surface area contributed by atoms with Crippen molar-refractivity contribution in [3.63, 3.8) is 0 Å². The van der Waals surface area contributed by atoms with Crippen molar-refractivity contribution in [1.82, 2.24) is 4.98 Å². The molecule has 0 N–H and O–H groups in total. The molecule has 0 saturated heterocycles. The molecule has 0 aromatic carbocycles. The van der Waals surface area contributed by atoms with Crippen molar-refractivity contribution in [3.8, 4) is 0 Å². The Labute approximate surface area is 71.4 Å². The molecule has 0 aliphatic rings. The van der Waals surface area contributed by atoms with E-state index in [4.69, 9.17) is 0 Å². The van der Waals surface area contributed by atoms with Crippen LogP contribution < -0.4 is 0 Å². The predicted molar refractivity (Wildman–Crippen MR) is 44.6 cm³/mol. The zero-order chi connectivity index (χ0) is 8.65. The molecule has 0 saturated carbocycles. The van der Waals surface area contributed by atoms with Crippen molar-refractivity contribution in [2.24, 2.45) is 0 Å². The minimum atomic E-state index is 0.471. The molecule has 1 aromatic rings. The summed E-state index contributed by atoms with van der Waals surface area (Å²) in [4.78, 5) is 13.9. The van der Waals surface area contributed by atoms with Gasteiger partial charge in [-0.25, -0.2) is 0 Å². The highest BCUT2D eigenvalue weighted by Gasteiger charge is 1.92. The van der Waals surface area contributed by atoms with Gasteiger partial charge in [0.25, 0.3) is 6.47 Å². The third-order valence-corrected chi connectivity index (χ3v) is 1.49. The number of aromatic nitrogens is 1. The number of carbonyl (C=O) groups excluding carboxylic acids is 1. The summed E-state index contributed by atoms with van der Waals surface area (Å²) in [6.07, 6.45) is 3.44. The van der Waals surface area contributed by atoms with Gasteiger partial charge in [0.15, 0.2) is 0 Å². The van der Waals surface area contributed by atoms with Crippen LogP contribution in [0.25, 0.3) is 0 Å². The molecule has 1 heterocycles. The molecule has 0 radical (unpaired) electrons. The van der Waals surface area contributed by atoms with Gasteiger partial charge in [-0.2, -0.15) is 0 Å². The number of nitrogens with zero attached hydrogens (tertiary/aromatic N) is 1. The molecule has 1 aromatic heterocycles. The number of ether oxygens (including phenoxy) is 1. The number of aryl methyl sites for hydroxylation is 1. The van der Waals surface area contributed by atoms with Gasteiger partial charge in [-0.05, 0) is 25.0 Å². The van der Waals surface area contributed by atoms with E-state index in [0.29, 0.717) is 13.1 Å². The van der Waals surface area contributed by atoms with Crippen LogP contribution in [-0.2, 0) is 16.0 Å². The highest BCUT2D eigenvalue weighted by molar-refractivity contribution is 5.36. The van der Waals surface area contributed by atoms with Crippen LogP contribution in [0.15, 0.2) is 24.4 Å². The van der Waals surface area contributed by atoms with E-state index in [1.165, 1.54) is 0 Å². The Morgan fingerprint density at radius 3 is 3.08 bits per heavy atom. The fraction of sp³-hybridized carbons (Fsp3) is 0.333. The molecule has 0 bridgehead atoms. The van der Waals surface area contributed by atoms with Crippen molar-refractivity contribution in [2.75, 3.05) is 6.61 Å². The summed E-state index contributed by atoms with van der Waals surface area (Å²) in [6, 6.07) is 5.79. The summed E-state index contributed by atoms with van der Waals surface area (Å²) in [5.74, 6) is 0. The van der Waals surface area contributed by atoms with Crippen LogP contribution in [0.2, 0.25) is 0 Å². The smallest absolute Gasteiger partial charge is 0.293 e. The third-order valence-electron chi connectivity index (χ3n) is 1.49. The van der Waals surface area contributed by atoms with E-state index in [9.17, 15) is 4.79 Å². The zero-order valence-electron chi connectivity index (χ0n) is 6.77. The molecule has 0 spiro atoms. The Balaban J connectivity index is 2.20. The van der Waals surface area contributed by atoms with Crippen LogP contribution >= 0.6 is 0 Å². The van der Waals surface area contributed by atoms with E-state index in [2.05, 4.69) is 9.72 Å². The fourth-order valence-electron chi connectivity index (χ4n) is 0.931. The van der Waals surface area contributed by atoms with Crippen LogP contribution in [0.5, 0.6) is 0 Å². The Hall–Kier alpha value is -1.38. The lowest BCUT2D eigenvalue weighted by atomic mass is 10.2. The third kappa shape index (κ3) is 3.14. The summed E-state index contributed by atoms with van der Waals surface area (Å²) in [5.41, 5.74) is 1.03. The van der Waals surface area contributed by atoms with Crippen LogP contribution in [0.3, 0.4) is 0 Å². The van der Waals surface area contributed by atoms with Gasteiger partial charge in [0.05, 0.1) is 6.61 Å². The average molecular weight is 165 g/mol. The SMILES string of the molecule is O=COCCCc1ccccn1. The van der Waals surface area contributed by atoms with Crippen LogP contribution in [0.1, 0.15) is 12.1 Å². The zero-order valence-corrected chi connectivity index (χ0v) is 6.77. The molecule has 0 aliphatic carbocycles. The average Bonchev–Trinajstić information content (AvgIpc) is 2.14. The molecular weight excluding hydrogens is 154 g/mol. The Bertz CT molecular complexity index is 223. The van der Waals surface area contributed by atoms with E-state index in [1.54, 1.807) is 6.20 Å². The topological polar surface area (TPSA) is 39.2 Å². The number of hydrogen-bond acceptors (Lipinski definition) is 3. The Morgan fingerprint density at radius 1 is 1.50 bits per heavy atom. The van der Waals surface area contributed by atoms with Crippen molar-refractivity contribution in [2.45, 2.75) is 12.8 Å². The number of rotatable bonds is 5. The van der Waals surface area contributed by atoms with Crippen molar-refractivity contribution >= 4 is 6.47 Å². The lowest BCUT2D eigenvalue weighted by Gasteiger charge is -1.98. The largest absolute Gasteiger partial charge is 0.468 e. The number of hydrogen-bond donors (Lipinski definition) is 0. The number of pyridine rings is 1.